The van der Waals surface area contributed by atoms with Crippen LogP contribution in [-0.4, -0.2) is 36.9 Å². The zero-order chi connectivity index (χ0) is 51.8. The van der Waals surface area contributed by atoms with E-state index in [2.05, 4.69) is 9.47 Å². The van der Waals surface area contributed by atoms with E-state index in [4.69, 9.17) is 0 Å². The molecule has 0 fully saturated rings. The molecule has 28 heteroatoms. The first kappa shape index (κ1) is 54.4. The molecule has 67 heavy (non-hydrogen) atoms. The van der Waals surface area contributed by atoms with Gasteiger partial charge in [-0.15, -0.1) is 0 Å². The smallest absolute Gasteiger partial charge is 0.381 e. The van der Waals surface area contributed by atoms with E-state index in [0.717, 1.165) is 6.92 Å². The number of benzene rings is 4. The van der Waals surface area contributed by atoms with Crippen molar-refractivity contribution in [1.82, 2.24) is 0 Å². The van der Waals surface area contributed by atoms with Crippen molar-refractivity contribution in [2.45, 2.75) is 81.9 Å². The van der Waals surface area contributed by atoms with Crippen LogP contribution in [0.2, 0.25) is 0 Å². The molecule has 4 rings (SSSR count). The van der Waals surface area contributed by atoms with Crippen molar-refractivity contribution in [1.29, 1.82) is 0 Å². The number of hydrogen-bond donors (Lipinski definition) is 0. The molecular formula is C39H22F26O2. The highest BCUT2D eigenvalue weighted by Gasteiger charge is 2.81. The summed E-state index contributed by atoms with van der Waals surface area (Å²) in [5, 5.41) is 0. The first-order valence-electron chi connectivity index (χ1n) is 18.0. The van der Waals surface area contributed by atoms with Gasteiger partial charge in [0, 0.05) is 0 Å². The van der Waals surface area contributed by atoms with E-state index in [1.165, 1.54) is 0 Å². The molecule has 0 aliphatic rings. The van der Waals surface area contributed by atoms with Gasteiger partial charge in [0.2, 0.25) is 17.5 Å². The lowest BCUT2D eigenvalue weighted by Crippen LogP contribution is -2.65. The minimum Gasteiger partial charge on any atom is -0.481 e. The molecule has 0 N–H and O–H groups in total. The average Bonchev–Trinajstić information content (AvgIpc) is 3.26. The van der Waals surface area contributed by atoms with Crippen LogP contribution in [-0.2, 0) is 16.0 Å². The lowest BCUT2D eigenvalue weighted by Gasteiger charge is -2.39. The Morgan fingerprint density at radius 2 is 0.597 bits per heavy atom. The molecule has 0 aliphatic carbocycles. The van der Waals surface area contributed by atoms with Gasteiger partial charge in [0.15, 0.2) is 93.8 Å². The van der Waals surface area contributed by atoms with Gasteiger partial charge in [-0.05, 0) is 26.2 Å². The summed E-state index contributed by atoms with van der Waals surface area (Å²) in [6.45, 7) is -4.71. The van der Waals surface area contributed by atoms with Crippen LogP contribution < -0.4 is 4.74 Å². The number of alkyl halides is 9. The number of rotatable bonds is 16. The van der Waals surface area contributed by atoms with Crippen LogP contribution in [0, 0.1) is 98.9 Å². The van der Waals surface area contributed by atoms with Crippen molar-refractivity contribution in [2.24, 2.45) is 0 Å². The van der Waals surface area contributed by atoms with E-state index < -0.39 is 205 Å². The summed E-state index contributed by atoms with van der Waals surface area (Å²) in [6, 6.07) is 0. The van der Waals surface area contributed by atoms with Gasteiger partial charge in [-0.3, -0.25) is 0 Å². The normalized spacial score (nSPS) is 14.0. The Bertz CT molecular complexity index is 2500. The van der Waals surface area contributed by atoms with E-state index in [1.54, 1.807) is 0 Å². The minimum absolute atomic E-state index is 0.361. The maximum absolute atomic E-state index is 15.5. The van der Waals surface area contributed by atoms with Crippen LogP contribution in [0.3, 0.4) is 0 Å². The molecular weight excluding hydrogens is 994 g/mol. The fourth-order valence-electron chi connectivity index (χ4n) is 6.43. The molecule has 0 radical (unpaired) electrons. The maximum Gasteiger partial charge on any atom is 0.381 e. The molecule has 0 heterocycles. The summed E-state index contributed by atoms with van der Waals surface area (Å²) in [7, 11) is 0. The monoisotopic (exact) mass is 1020 g/mol. The lowest BCUT2D eigenvalue weighted by atomic mass is 9.85. The summed E-state index contributed by atoms with van der Waals surface area (Å²) >= 11 is 0. The Morgan fingerprint density at radius 1 is 0.328 bits per heavy atom. The summed E-state index contributed by atoms with van der Waals surface area (Å²) in [6.07, 6.45) is -3.63. The minimum atomic E-state index is -7.63. The molecule has 0 saturated carbocycles. The third kappa shape index (κ3) is 8.24. The molecule has 372 valence electrons. The summed E-state index contributed by atoms with van der Waals surface area (Å²) < 4.78 is 392. The topological polar surface area (TPSA) is 18.5 Å². The zero-order valence-electron chi connectivity index (χ0n) is 33.2. The molecule has 0 spiro atoms. The molecule has 4 aromatic rings. The zero-order valence-corrected chi connectivity index (χ0v) is 33.2. The third-order valence-electron chi connectivity index (χ3n) is 10.5. The summed E-state index contributed by atoms with van der Waals surface area (Å²) in [5.74, 6) is -83.4. The SMILES string of the molecule is CCC(C)(F)c1c(F)c(F)c(-c2c(F)c(F)c(OCC(F)(F)C(F)(F)C(F)(F)C(F)(F)COC(CC)(CC)c3c(F)c(F)c(-c4c(F)c(F)c(F)c(F)c4F)c(F)c3F)c(F)c2F)c(F)c1F. The maximum atomic E-state index is 15.5. The largest absolute Gasteiger partial charge is 0.481 e. The van der Waals surface area contributed by atoms with Gasteiger partial charge < -0.3 is 9.47 Å². The van der Waals surface area contributed by atoms with Gasteiger partial charge >= 0.3 is 23.7 Å². The number of hydrogen-bond acceptors (Lipinski definition) is 2. The van der Waals surface area contributed by atoms with Crippen molar-refractivity contribution < 1.29 is 124 Å². The molecule has 0 aromatic heterocycles. The average molecular weight is 1020 g/mol. The third-order valence-corrected chi connectivity index (χ3v) is 10.5. The van der Waals surface area contributed by atoms with E-state index >= 15 is 26.3 Å². The first-order valence-corrected chi connectivity index (χ1v) is 18.0. The molecule has 2 nitrogen and oxygen atoms in total. The molecule has 0 aliphatic heterocycles. The van der Waals surface area contributed by atoms with Gasteiger partial charge in [0.05, 0.1) is 39.0 Å². The molecule has 0 amide bonds. The summed E-state index contributed by atoms with van der Waals surface area (Å²) in [4.78, 5) is 0. The highest BCUT2D eigenvalue weighted by molar-refractivity contribution is 5.70. The Hall–Kier alpha value is -5.18. The van der Waals surface area contributed by atoms with Crippen LogP contribution in [0.1, 0.15) is 58.1 Å². The van der Waals surface area contributed by atoms with E-state index in [-0.39, 0.29) is 0 Å². The van der Waals surface area contributed by atoms with Crippen LogP contribution >= 0.6 is 0 Å². The first-order chi connectivity index (χ1) is 30.5. The second-order valence-electron chi connectivity index (χ2n) is 14.3. The van der Waals surface area contributed by atoms with Gasteiger partial charge in [0.25, 0.3) is 0 Å². The van der Waals surface area contributed by atoms with Crippen LogP contribution in [0.25, 0.3) is 22.3 Å². The molecule has 0 saturated heterocycles. The number of halogens is 26. The van der Waals surface area contributed by atoms with Crippen LogP contribution in [0.15, 0.2) is 0 Å². The predicted molar refractivity (Wildman–Crippen MR) is 175 cm³/mol. The van der Waals surface area contributed by atoms with Crippen molar-refractivity contribution in [3.05, 3.63) is 110 Å². The Labute approximate surface area is 357 Å². The van der Waals surface area contributed by atoms with E-state index in [1.807, 2.05) is 0 Å². The Morgan fingerprint density at radius 3 is 0.910 bits per heavy atom. The lowest BCUT2D eigenvalue weighted by molar-refractivity contribution is -0.377. The van der Waals surface area contributed by atoms with Crippen molar-refractivity contribution in [3.63, 3.8) is 0 Å². The van der Waals surface area contributed by atoms with E-state index in [0.29, 0.717) is 20.8 Å². The Kier molecular flexibility index (Phi) is 14.7. The second kappa shape index (κ2) is 18.0. The number of ether oxygens (including phenoxy) is 2. The van der Waals surface area contributed by atoms with Crippen molar-refractivity contribution in [2.75, 3.05) is 13.2 Å². The highest BCUT2D eigenvalue weighted by atomic mass is 19.4. The molecule has 1 atom stereocenters. The van der Waals surface area contributed by atoms with Gasteiger partial charge in [-0.1, -0.05) is 20.8 Å². The van der Waals surface area contributed by atoms with Gasteiger partial charge in [-0.2, -0.15) is 43.9 Å². The van der Waals surface area contributed by atoms with Crippen LogP contribution in [0.5, 0.6) is 5.75 Å². The van der Waals surface area contributed by atoms with Gasteiger partial charge in [-0.25, -0.2) is 70.2 Å². The van der Waals surface area contributed by atoms with Crippen LogP contribution in [0.4, 0.5) is 114 Å². The second-order valence-corrected chi connectivity index (χ2v) is 14.3. The van der Waals surface area contributed by atoms with Crippen molar-refractivity contribution >= 4 is 0 Å². The molecule has 4 aromatic carbocycles. The fourth-order valence-corrected chi connectivity index (χ4v) is 6.43. The highest BCUT2D eigenvalue weighted by Crippen LogP contribution is 2.54. The fraction of sp³-hybridized carbons (Fsp3) is 0.385. The predicted octanol–water partition coefficient (Wildman–Crippen LogP) is 14.6. The van der Waals surface area contributed by atoms with Crippen molar-refractivity contribution in [3.8, 4) is 28.0 Å². The van der Waals surface area contributed by atoms with Gasteiger partial charge in [0.1, 0.15) is 12.3 Å². The Balaban J connectivity index is 1.72. The molecule has 1 unspecified atom stereocenters. The summed E-state index contributed by atoms with van der Waals surface area (Å²) in [5.41, 5.74) is -21.9. The van der Waals surface area contributed by atoms with E-state index in [9.17, 15) is 87.8 Å². The standard InChI is InChI=1S/C39H22F26O2/c1-5-34(4,57)14-24(48)16(40)11(17(41)25(14)49)13-22(46)31(55)33(32(56)23(13)47)66-8-36(58,59)38(62,63)39(64,65)37(60,61)9-67-35(6-2,7-3)15-26(50)18(42)10(19(43)27(15)51)12-20(44)28(52)30(54)29(53)21(12)45/h5-9H2,1-4H3. The quantitative estimate of drug-likeness (QED) is 0.0633. The molecule has 0 bridgehead atoms.